The lowest BCUT2D eigenvalue weighted by Gasteiger charge is -1.55. The fourth-order valence-corrected chi connectivity index (χ4v) is 0.520. The van der Waals surface area contributed by atoms with Gasteiger partial charge in [-0.25, -0.2) is 4.52 Å². The molecule has 0 rings (SSSR count). The Balaban J connectivity index is 2.92. The van der Waals surface area contributed by atoms with E-state index in [1.54, 1.807) is 0 Å². The SMILES string of the molecule is C/C=P\N=P. The van der Waals surface area contributed by atoms with E-state index in [9.17, 15) is 0 Å². The molecule has 0 aliphatic rings. The van der Waals surface area contributed by atoms with Crippen molar-refractivity contribution < 1.29 is 0 Å². The molecule has 0 fully saturated rings. The van der Waals surface area contributed by atoms with Crippen LogP contribution in [0.2, 0.25) is 0 Å². The summed E-state index contributed by atoms with van der Waals surface area (Å²) in [6.07, 6.45) is 0. The second-order valence-electron chi connectivity index (χ2n) is 0.474. The predicted molar refractivity (Wildman–Crippen MR) is 29.4 cm³/mol. The topological polar surface area (TPSA) is 12.4 Å². The third-order valence-corrected chi connectivity index (χ3v) is 0.866. The first-order valence-electron chi connectivity index (χ1n) is 1.26. The average Bonchev–Trinajstić information content (AvgIpc) is 1.41. The van der Waals surface area contributed by atoms with Gasteiger partial charge in [-0.05, 0) is 21.8 Å². The fourth-order valence-electron chi connectivity index (χ4n) is 0.0577. The van der Waals surface area contributed by atoms with E-state index in [0.29, 0.717) is 0 Å². The predicted octanol–water partition coefficient (Wildman–Crippen LogP) is 2.00. The second kappa shape index (κ2) is 4.27. The van der Waals surface area contributed by atoms with Gasteiger partial charge in [0, 0.05) is 8.35 Å². The summed E-state index contributed by atoms with van der Waals surface area (Å²) in [5.74, 6) is 1.94. The van der Waals surface area contributed by atoms with E-state index < -0.39 is 0 Å². The Morgan fingerprint density at radius 2 is 2.60 bits per heavy atom. The summed E-state index contributed by atoms with van der Waals surface area (Å²) in [7, 11) is 3.93. The maximum absolute atomic E-state index is 3.58. The van der Waals surface area contributed by atoms with Gasteiger partial charge >= 0.3 is 0 Å². The highest BCUT2D eigenvalue weighted by Crippen LogP contribution is 1.94. The monoisotopic (exact) mass is 105 g/mol. The lowest BCUT2D eigenvalue weighted by molar-refractivity contribution is 2.07. The van der Waals surface area contributed by atoms with Crippen molar-refractivity contribution in [1.29, 1.82) is 0 Å². The zero-order valence-electron chi connectivity index (χ0n) is 2.97. The molecule has 0 bridgehead atoms. The van der Waals surface area contributed by atoms with E-state index in [1.165, 1.54) is 0 Å². The van der Waals surface area contributed by atoms with Crippen molar-refractivity contribution in [2.45, 2.75) is 6.92 Å². The van der Waals surface area contributed by atoms with Crippen molar-refractivity contribution in [3.63, 3.8) is 0 Å². The van der Waals surface area contributed by atoms with Gasteiger partial charge in [-0.2, -0.15) is 0 Å². The van der Waals surface area contributed by atoms with Gasteiger partial charge in [-0.15, -0.1) is 0 Å². The molecular weight excluding hydrogens is 100.0 g/mol. The summed E-state index contributed by atoms with van der Waals surface area (Å²) in [6.45, 7) is 1.95. The average molecular weight is 105 g/mol. The molecule has 1 nitrogen and oxygen atoms in total. The van der Waals surface area contributed by atoms with Gasteiger partial charge in [0.15, 0.2) is 0 Å². The summed E-state index contributed by atoms with van der Waals surface area (Å²) in [5, 5.41) is 0. The van der Waals surface area contributed by atoms with Gasteiger partial charge in [-0.1, -0.05) is 0 Å². The zero-order chi connectivity index (χ0) is 4.12. The first kappa shape index (κ1) is 5.27. The highest BCUT2D eigenvalue weighted by molar-refractivity contribution is 7.40. The molecule has 28 valence electrons. The summed E-state index contributed by atoms with van der Waals surface area (Å²) in [5.41, 5.74) is 0. The summed E-state index contributed by atoms with van der Waals surface area (Å²) in [4.78, 5) is 0. The van der Waals surface area contributed by atoms with Crippen LogP contribution >= 0.6 is 17.4 Å². The van der Waals surface area contributed by atoms with Gasteiger partial charge in [0.05, 0.1) is 0 Å². The molecule has 0 unspecified atom stereocenters. The van der Waals surface area contributed by atoms with Crippen LogP contribution in [0.5, 0.6) is 0 Å². The normalized spacial score (nSPS) is 9.00. The van der Waals surface area contributed by atoms with Crippen LogP contribution < -0.4 is 0 Å². The Hall–Kier alpha value is 0.270. The quantitative estimate of drug-likeness (QED) is 0.452. The molecule has 0 radical (unpaired) electrons. The van der Waals surface area contributed by atoms with E-state index in [4.69, 9.17) is 0 Å². The molecule has 0 spiro atoms. The van der Waals surface area contributed by atoms with Crippen LogP contribution in [0.4, 0.5) is 0 Å². The standard InChI is InChI=1S/C2H5NP2/c1-2-5-3-4/h2,4H,1H3. The molecule has 0 atom stereocenters. The number of hydrogen-bond donors (Lipinski definition) is 0. The molecule has 0 aromatic carbocycles. The van der Waals surface area contributed by atoms with Gasteiger partial charge in [0.2, 0.25) is 0 Å². The van der Waals surface area contributed by atoms with E-state index in [-0.39, 0.29) is 0 Å². The van der Waals surface area contributed by atoms with E-state index in [2.05, 4.69) is 13.5 Å². The Kier molecular flexibility index (Phi) is 4.50. The number of nitrogens with zero attached hydrogens (tertiary/aromatic N) is 1. The fraction of sp³-hybridized carbons (Fsp3) is 0.500. The Morgan fingerprint density at radius 1 is 2.00 bits per heavy atom. The van der Waals surface area contributed by atoms with Crippen LogP contribution in [-0.4, -0.2) is 5.80 Å². The minimum Gasteiger partial charge on any atom is -0.215 e. The Bertz CT molecular complexity index is 49.6. The zero-order valence-corrected chi connectivity index (χ0v) is 4.87. The third kappa shape index (κ3) is 4.27. The number of hydrogen-bond acceptors (Lipinski definition) is 1. The molecular formula is C2H5NP2. The summed E-state index contributed by atoms with van der Waals surface area (Å²) in [6, 6.07) is 0. The first-order chi connectivity index (χ1) is 2.41. The maximum Gasteiger partial charge on any atom is 0.0373 e. The molecule has 0 aliphatic heterocycles. The maximum atomic E-state index is 3.58. The van der Waals surface area contributed by atoms with Gasteiger partial charge in [-0.3, -0.25) is 0 Å². The first-order valence-corrected chi connectivity index (χ1v) is 2.62. The van der Waals surface area contributed by atoms with Crippen molar-refractivity contribution in [3.05, 3.63) is 0 Å². The summed E-state index contributed by atoms with van der Waals surface area (Å²) < 4.78 is 3.58. The molecule has 0 amide bonds. The summed E-state index contributed by atoms with van der Waals surface area (Å²) >= 11 is 0. The van der Waals surface area contributed by atoms with Crippen LogP contribution in [-0.2, 0) is 0 Å². The molecule has 0 saturated heterocycles. The molecule has 0 N–H and O–H groups in total. The minimum absolute atomic E-state index is 0.994. The Morgan fingerprint density at radius 3 is 2.60 bits per heavy atom. The Labute approximate surface area is 35.6 Å². The highest BCUT2D eigenvalue weighted by atomic mass is 31.1. The van der Waals surface area contributed by atoms with Gasteiger partial charge < -0.3 is 0 Å². The van der Waals surface area contributed by atoms with Gasteiger partial charge in [0.1, 0.15) is 0 Å². The van der Waals surface area contributed by atoms with Crippen LogP contribution in [0.3, 0.4) is 0 Å². The third-order valence-electron chi connectivity index (χ3n) is 0.173. The van der Waals surface area contributed by atoms with Crippen molar-refractivity contribution in [2.24, 2.45) is 4.52 Å². The molecule has 0 saturated carbocycles. The van der Waals surface area contributed by atoms with Crippen molar-refractivity contribution in [1.82, 2.24) is 0 Å². The molecule has 0 heterocycles. The highest BCUT2D eigenvalue weighted by Gasteiger charge is 1.44. The smallest absolute Gasteiger partial charge is 0.0373 e. The molecule has 5 heavy (non-hydrogen) atoms. The number of rotatable bonds is 1. The van der Waals surface area contributed by atoms with Gasteiger partial charge in [0.25, 0.3) is 0 Å². The lowest BCUT2D eigenvalue weighted by Crippen LogP contribution is -1.32. The van der Waals surface area contributed by atoms with Crippen LogP contribution in [0, 0.1) is 0 Å². The second-order valence-corrected chi connectivity index (χ2v) is 2.02. The largest absolute Gasteiger partial charge is 0.215 e. The van der Waals surface area contributed by atoms with E-state index in [1.807, 2.05) is 12.7 Å². The van der Waals surface area contributed by atoms with E-state index >= 15 is 0 Å². The minimum atomic E-state index is 0.994. The molecule has 3 heteroatoms. The lowest BCUT2D eigenvalue weighted by atomic mass is 11.0. The van der Waals surface area contributed by atoms with Crippen molar-refractivity contribution in [3.8, 4) is 0 Å². The van der Waals surface area contributed by atoms with Crippen molar-refractivity contribution >= 4 is 23.2 Å². The molecule has 0 aliphatic carbocycles. The molecule has 0 aromatic rings. The van der Waals surface area contributed by atoms with Crippen LogP contribution in [0.15, 0.2) is 4.52 Å². The molecule has 0 aromatic heterocycles. The van der Waals surface area contributed by atoms with Crippen molar-refractivity contribution in [2.75, 3.05) is 0 Å². The van der Waals surface area contributed by atoms with Crippen LogP contribution in [0.1, 0.15) is 6.92 Å². The van der Waals surface area contributed by atoms with E-state index in [0.717, 1.165) is 8.35 Å². The van der Waals surface area contributed by atoms with Crippen LogP contribution in [0.25, 0.3) is 0 Å².